The molecule has 0 aromatic heterocycles. The number of halogens is 2. The number of benzene rings is 1. The quantitative estimate of drug-likeness (QED) is 0.251. The van der Waals surface area contributed by atoms with Gasteiger partial charge in [0.25, 0.3) is 0 Å². The van der Waals surface area contributed by atoms with Crippen molar-refractivity contribution >= 4 is 51.8 Å². The first-order chi connectivity index (χ1) is 13.1. The van der Waals surface area contributed by atoms with Gasteiger partial charge in [-0.05, 0) is 50.3 Å². The number of ether oxygens (including phenoxy) is 1. The molecule has 1 saturated heterocycles. The maximum absolute atomic E-state index is 11.8. The van der Waals surface area contributed by atoms with Crippen molar-refractivity contribution < 1.29 is 9.53 Å². The van der Waals surface area contributed by atoms with Gasteiger partial charge in [0.1, 0.15) is 0 Å². The standard InChI is InChI=1S/C21H30BrN3O2.HI/c1-3-23-20(25-13-9-16(10-14-25)19(26)27-2)24-15-21(11-4-12-21)17-5-7-18(22)8-6-17;/h5-8,16H,3-4,9-15H2,1-2H3,(H,23,24);1H. The second kappa shape index (κ2) is 10.8. The molecule has 1 aliphatic carbocycles. The summed E-state index contributed by atoms with van der Waals surface area (Å²) >= 11 is 3.53. The molecule has 2 fully saturated rings. The van der Waals surface area contributed by atoms with E-state index in [1.54, 1.807) is 0 Å². The van der Waals surface area contributed by atoms with Crippen molar-refractivity contribution in [2.75, 3.05) is 33.3 Å². The normalized spacial score (nSPS) is 19.4. The molecule has 1 saturated carbocycles. The lowest BCUT2D eigenvalue weighted by atomic mass is 9.64. The number of guanidine groups is 1. The molecule has 0 unspecified atom stereocenters. The summed E-state index contributed by atoms with van der Waals surface area (Å²) in [5.41, 5.74) is 1.56. The molecular formula is C21H31BrIN3O2. The Morgan fingerprint density at radius 3 is 2.43 bits per heavy atom. The SMILES string of the molecule is CCNC(=NCC1(c2ccc(Br)cc2)CCC1)N1CCC(C(=O)OC)CC1.I. The fraction of sp³-hybridized carbons (Fsp3) is 0.619. The Labute approximate surface area is 193 Å². The molecule has 1 N–H and O–H groups in total. The van der Waals surface area contributed by atoms with Crippen LogP contribution in [0.4, 0.5) is 0 Å². The van der Waals surface area contributed by atoms with E-state index in [0.717, 1.165) is 49.5 Å². The van der Waals surface area contributed by atoms with Gasteiger partial charge in [0.15, 0.2) is 5.96 Å². The average molecular weight is 564 g/mol. The number of carbonyl (C=O) groups excluding carboxylic acids is 1. The number of piperidine rings is 1. The van der Waals surface area contributed by atoms with Crippen LogP contribution in [0.1, 0.15) is 44.6 Å². The zero-order valence-corrected chi connectivity index (χ0v) is 20.7. The molecule has 3 rings (SSSR count). The van der Waals surface area contributed by atoms with Crippen LogP contribution in [0, 0.1) is 5.92 Å². The molecule has 5 nitrogen and oxygen atoms in total. The Kier molecular flexibility index (Phi) is 9.05. The number of methoxy groups -OCH3 is 1. The van der Waals surface area contributed by atoms with Crippen LogP contribution in [0.15, 0.2) is 33.7 Å². The van der Waals surface area contributed by atoms with Gasteiger partial charge in [-0.3, -0.25) is 9.79 Å². The molecule has 7 heteroatoms. The Bertz CT molecular complexity index is 669. The second-order valence-electron chi connectivity index (χ2n) is 7.60. The van der Waals surface area contributed by atoms with Gasteiger partial charge in [0.05, 0.1) is 19.6 Å². The summed E-state index contributed by atoms with van der Waals surface area (Å²) in [5.74, 6) is 0.916. The highest BCUT2D eigenvalue weighted by atomic mass is 127. The summed E-state index contributed by atoms with van der Waals surface area (Å²) in [6, 6.07) is 8.71. The Hall–Kier alpha value is -0.830. The monoisotopic (exact) mass is 563 g/mol. The fourth-order valence-electron chi connectivity index (χ4n) is 4.09. The lowest BCUT2D eigenvalue weighted by molar-refractivity contribution is -0.146. The first-order valence-corrected chi connectivity index (χ1v) is 10.7. The van der Waals surface area contributed by atoms with E-state index in [4.69, 9.17) is 9.73 Å². The van der Waals surface area contributed by atoms with Gasteiger partial charge in [-0.2, -0.15) is 0 Å². The Balaban J connectivity index is 0.00000280. The zero-order valence-electron chi connectivity index (χ0n) is 16.7. The van der Waals surface area contributed by atoms with Gasteiger partial charge in [-0.1, -0.05) is 34.5 Å². The molecule has 28 heavy (non-hydrogen) atoms. The minimum atomic E-state index is -0.0831. The van der Waals surface area contributed by atoms with Gasteiger partial charge in [-0.25, -0.2) is 0 Å². The Morgan fingerprint density at radius 2 is 1.93 bits per heavy atom. The number of hydrogen-bond acceptors (Lipinski definition) is 3. The highest BCUT2D eigenvalue weighted by molar-refractivity contribution is 14.0. The second-order valence-corrected chi connectivity index (χ2v) is 8.51. The molecule has 1 heterocycles. The topological polar surface area (TPSA) is 53.9 Å². The van der Waals surface area contributed by atoms with Crippen LogP contribution in [0.25, 0.3) is 0 Å². The molecule has 0 atom stereocenters. The van der Waals surface area contributed by atoms with Crippen LogP contribution in [-0.2, 0) is 14.9 Å². The van der Waals surface area contributed by atoms with Gasteiger partial charge in [0.2, 0.25) is 0 Å². The molecule has 0 amide bonds. The summed E-state index contributed by atoms with van der Waals surface area (Å²) in [6.45, 7) is 5.45. The third-order valence-electron chi connectivity index (χ3n) is 5.96. The number of nitrogens with one attached hydrogen (secondary N) is 1. The van der Waals surface area contributed by atoms with E-state index in [2.05, 4.69) is 57.3 Å². The molecule has 0 bridgehead atoms. The summed E-state index contributed by atoms with van der Waals surface area (Å²) in [5, 5.41) is 3.44. The van der Waals surface area contributed by atoms with E-state index in [0.29, 0.717) is 0 Å². The number of esters is 1. The van der Waals surface area contributed by atoms with E-state index >= 15 is 0 Å². The van der Waals surface area contributed by atoms with Crippen molar-refractivity contribution in [3.8, 4) is 0 Å². The molecule has 156 valence electrons. The van der Waals surface area contributed by atoms with Crippen molar-refractivity contribution in [2.45, 2.75) is 44.4 Å². The predicted molar refractivity (Wildman–Crippen MR) is 127 cm³/mol. The minimum absolute atomic E-state index is 0. The van der Waals surface area contributed by atoms with Crippen molar-refractivity contribution in [2.24, 2.45) is 10.9 Å². The molecule has 0 spiro atoms. The van der Waals surface area contributed by atoms with Crippen molar-refractivity contribution in [3.63, 3.8) is 0 Å². The van der Waals surface area contributed by atoms with Gasteiger partial charge >= 0.3 is 5.97 Å². The molecule has 1 aliphatic heterocycles. The maximum Gasteiger partial charge on any atom is 0.308 e. The number of likely N-dealkylation sites (tertiary alicyclic amines) is 1. The minimum Gasteiger partial charge on any atom is -0.469 e. The molecule has 1 aromatic carbocycles. The number of hydrogen-bond donors (Lipinski definition) is 1. The van der Waals surface area contributed by atoms with Crippen molar-refractivity contribution in [1.82, 2.24) is 10.2 Å². The predicted octanol–water partition coefficient (Wildman–Crippen LogP) is 4.34. The highest BCUT2D eigenvalue weighted by Gasteiger charge is 2.38. The van der Waals surface area contributed by atoms with Gasteiger partial charge in [0, 0.05) is 29.5 Å². The van der Waals surface area contributed by atoms with Crippen LogP contribution in [0.2, 0.25) is 0 Å². The van der Waals surface area contributed by atoms with Crippen LogP contribution < -0.4 is 5.32 Å². The highest BCUT2D eigenvalue weighted by Crippen LogP contribution is 2.44. The van der Waals surface area contributed by atoms with Crippen molar-refractivity contribution in [3.05, 3.63) is 34.3 Å². The molecular weight excluding hydrogens is 533 g/mol. The number of nitrogens with zero attached hydrogens (tertiary/aromatic N) is 2. The fourth-order valence-corrected chi connectivity index (χ4v) is 4.36. The van der Waals surface area contributed by atoms with E-state index in [1.807, 2.05) is 0 Å². The number of carbonyl (C=O) groups is 1. The largest absolute Gasteiger partial charge is 0.469 e. The van der Waals surface area contributed by atoms with E-state index in [-0.39, 0.29) is 41.3 Å². The third kappa shape index (κ3) is 5.40. The first-order valence-electron chi connectivity index (χ1n) is 9.95. The zero-order chi connectivity index (χ0) is 19.3. The van der Waals surface area contributed by atoms with Crippen LogP contribution in [-0.4, -0.2) is 50.1 Å². The first kappa shape index (κ1) is 23.4. The number of rotatable bonds is 5. The van der Waals surface area contributed by atoms with Gasteiger partial charge in [-0.15, -0.1) is 24.0 Å². The van der Waals surface area contributed by atoms with E-state index in [9.17, 15) is 4.79 Å². The lowest BCUT2D eigenvalue weighted by Gasteiger charge is -2.42. The summed E-state index contributed by atoms with van der Waals surface area (Å²) in [4.78, 5) is 19.1. The molecule has 1 aromatic rings. The molecule has 2 aliphatic rings. The lowest BCUT2D eigenvalue weighted by Crippen LogP contribution is -2.47. The maximum atomic E-state index is 11.8. The van der Waals surface area contributed by atoms with E-state index < -0.39 is 0 Å². The van der Waals surface area contributed by atoms with Crippen LogP contribution in [0.5, 0.6) is 0 Å². The summed E-state index contributed by atoms with van der Waals surface area (Å²) < 4.78 is 6.01. The Morgan fingerprint density at radius 1 is 1.29 bits per heavy atom. The summed E-state index contributed by atoms with van der Waals surface area (Å²) in [6.07, 6.45) is 5.32. The van der Waals surface area contributed by atoms with Crippen LogP contribution in [0.3, 0.4) is 0 Å². The third-order valence-corrected chi connectivity index (χ3v) is 6.49. The summed E-state index contributed by atoms with van der Waals surface area (Å²) in [7, 11) is 1.47. The molecule has 0 radical (unpaired) electrons. The van der Waals surface area contributed by atoms with Crippen molar-refractivity contribution in [1.29, 1.82) is 0 Å². The van der Waals surface area contributed by atoms with Gasteiger partial charge < -0.3 is 15.0 Å². The number of aliphatic imine (C=N–C) groups is 1. The van der Waals surface area contributed by atoms with Crippen LogP contribution >= 0.6 is 39.9 Å². The average Bonchev–Trinajstić information content (AvgIpc) is 2.67. The van der Waals surface area contributed by atoms with E-state index in [1.165, 1.54) is 31.9 Å². The smallest absolute Gasteiger partial charge is 0.308 e.